The van der Waals surface area contributed by atoms with E-state index in [0.29, 0.717) is 32.7 Å². The van der Waals surface area contributed by atoms with Gasteiger partial charge in [-0.05, 0) is 35.4 Å². The van der Waals surface area contributed by atoms with E-state index in [9.17, 15) is 9.90 Å². The van der Waals surface area contributed by atoms with Crippen LogP contribution in [-0.2, 0) is 18.0 Å². The minimum Gasteiger partial charge on any atom is -0.487 e. The Balaban J connectivity index is 1.91. The Hall–Kier alpha value is -2.53. The largest absolute Gasteiger partial charge is 0.487 e. The minimum atomic E-state index is -1.24. The molecule has 0 aliphatic rings. The fourth-order valence-electron chi connectivity index (χ4n) is 3.02. The summed E-state index contributed by atoms with van der Waals surface area (Å²) in [5.74, 6) is 0.800. The van der Waals surface area contributed by atoms with Gasteiger partial charge in [0.2, 0.25) is 0 Å². The summed E-state index contributed by atoms with van der Waals surface area (Å²) < 4.78 is 11.8. The second-order valence-corrected chi connectivity index (χ2v) is 7.46. The van der Waals surface area contributed by atoms with Crippen molar-refractivity contribution in [1.82, 2.24) is 0 Å². The van der Waals surface area contributed by atoms with E-state index < -0.39 is 6.10 Å². The Kier molecular flexibility index (Phi) is 7.75. The van der Waals surface area contributed by atoms with Crippen LogP contribution in [0.1, 0.15) is 36.1 Å². The number of aliphatic hydroxyl groups is 1. The van der Waals surface area contributed by atoms with Gasteiger partial charge in [-0.15, -0.1) is 0 Å². The van der Waals surface area contributed by atoms with Crippen LogP contribution in [0.25, 0.3) is 0 Å². The molecule has 0 aliphatic heterocycles. The molecule has 0 spiro atoms. The van der Waals surface area contributed by atoms with Crippen LogP contribution < -0.4 is 9.47 Å². The lowest BCUT2D eigenvalue weighted by atomic mass is 9.95. The maximum atomic E-state index is 12.2. The molecule has 0 bridgehead atoms. The van der Waals surface area contributed by atoms with Crippen LogP contribution in [0.4, 0.5) is 0 Å². The number of carbonyl (C=O) groups excluding carboxylic acids is 1. The second-order valence-electron chi connectivity index (χ2n) is 6.65. The third-order valence-electron chi connectivity index (χ3n) is 4.69. The van der Waals surface area contributed by atoms with Crippen LogP contribution in [0.5, 0.6) is 11.5 Å². The molecule has 3 aromatic rings. The highest BCUT2D eigenvalue weighted by Crippen LogP contribution is 2.30. The molecule has 0 fully saturated rings. The summed E-state index contributed by atoms with van der Waals surface area (Å²) in [5.41, 5.74) is 1.95. The van der Waals surface area contributed by atoms with Crippen molar-refractivity contribution in [3.05, 3.63) is 93.5 Å². The molecule has 0 heterocycles. The second kappa shape index (κ2) is 10.5. The Morgan fingerprint density at radius 2 is 1.43 bits per heavy atom. The molecule has 0 saturated heterocycles. The quantitative estimate of drug-likeness (QED) is 0.428. The van der Waals surface area contributed by atoms with Gasteiger partial charge < -0.3 is 14.6 Å². The maximum absolute atomic E-state index is 12.2. The predicted octanol–water partition coefficient (Wildman–Crippen LogP) is 6.16. The maximum Gasteiger partial charge on any atom is 0.165 e. The third kappa shape index (κ3) is 5.33. The molecule has 3 aromatic carbocycles. The summed E-state index contributed by atoms with van der Waals surface area (Å²) >= 11 is 12.4. The van der Waals surface area contributed by atoms with Gasteiger partial charge in [-0.2, -0.15) is 0 Å². The molecule has 156 valence electrons. The highest BCUT2D eigenvalue weighted by molar-refractivity contribution is 6.32. The summed E-state index contributed by atoms with van der Waals surface area (Å²) in [7, 11) is 0. The normalized spacial score (nSPS) is 11.7. The average molecular weight is 445 g/mol. The molecule has 3 rings (SSSR count). The Morgan fingerprint density at radius 1 is 0.867 bits per heavy atom. The minimum absolute atomic E-state index is 0.120. The van der Waals surface area contributed by atoms with E-state index in [0.717, 1.165) is 5.56 Å². The van der Waals surface area contributed by atoms with Gasteiger partial charge in [0.15, 0.2) is 5.78 Å². The lowest BCUT2D eigenvalue weighted by Gasteiger charge is -2.19. The van der Waals surface area contributed by atoms with Gasteiger partial charge in [0, 0.05) is 12.0 Å². The number of Topliss-reactive ketones (excluding diaryl/α,β-unsaturated/α-hetero) is 1. The molecule has 0 saturated carbocycles. The number of carbonyl (C=O) groups is 1. The number of halogens is 2. The van der Waals surface area contributed by atoms with Gasteiger partial charge in [0.1, 0.15) is 30.8 Å². The molecule has 4 nitrogen and oxygen atoms in total. The molecule has 1 N–H and O–H groups in total. The Bertz CT molecular complexity index is 1020. The van der Waals surface area contributed by atoms with E-state index in [-0.39, 0.29) is 25.4 Å². The first kappa shape index (κ1) is 22.2. The van der Waals surface area contributed by atoms with Crippen molar-refractivity contribution in [1.29, 1.82) is 0 Å². The van der Waals surface area contributed by atoms with Crippen LogP contribution >= 0.6 is 23.2 Å². The number of hydrogen-bond donors (Lipinski definition) is 1. The van der Waals surface area contributed by atoms with Gasteiger partial charge in [0.25, 0.3) is 0 Å². The molecule has 1 atom stereocenters. The van der Waals surface area contributed by atoms with E-state index in [1.54, 1.807) is 43.3 Å². The highest BCUT2D eigenvalue weighted by Gasteiger charge is 2.21. The van der Waals surface area contributed by atoms with Gasteiger partial charge in [-0.3, -0.25) is 4.79 Å². The zero-order valence-electron chi connectivity index (χ0n) is 16.5. The topological polar surface area (TPSA) is 55.8 Å². The molecular formula is C24H22Cl2O4. The third-order valence-corrected chi connectivity index (χ3v) is 5.31. The van der Waals surface area contributed by atoms with Gasteiger partial charge >= 0.3 is 0 Å². The van der Waals surface area contributed by atoms with Crippen LogP contribution in [0, 0.1) is 0 Å². The SMILES string of the molecule is CCC(=O)C(O)c1cccc(COc2ccccc2Cl)c1COc1ccccc1Cl. The predicted molar refractivity (Wildman–Crippen MR) is 118 cm³/mol. The van der Waals surface area contributed by atoms with E-state index in [1.807, 2.05) is 30.3 Å². The molecule has 0 radical (unpaired) electrons. The number of para-hydroxylation sites is 2. The van der Waals surface area contributed by atoms with E-state index in [2.05, 4.69) is 0 Å². The smallest absolute Gasteiger partial charge is 0.165 e. The Labute approximate surface area is 186 Å². The van der Waals surface area contributed by atoms with Crippen molar-refractivity contribution in [2.24, 2.45) is 0 Å². The van der Waals surface area contributed by atoms with Crippen molar-refractivity contribution in [3.8, 4) is 11.5 Å². The van der Waals surface area contributed by atoms with Crippen LogP contribution in [0.3, 0.4) is 0 Å². The number of ketones is 1. The van der Waals surface area contributed by atoms with Gasteiger partial charge in [-0.25, -0.2) is 0 Å². The molecule has 0 amide bonds. The molecule has 6 heteroatoms. The van der Waals surface area contributed by atoms with Crippen molar-refractivity contribution >= 4 is 29.0 Å². The lowest BCUT2D eigenvalue weighted by Crippen LogP contribution is -2.16. The standard InChI is InChI=1S/C24H22Cl2O4/c1-2-21(27)24(28)17-9-7-8-16(14-29-22-12-5-3-10-19(22)25)18(17)15-30-23-13-6-4-11-20(23)26/h3-13,24,28H,2,14-15H2,1H3. The number of aliphatic hydroxyl groups excluding tert-OH is 1. The first-order valence-electron chi connectivity index (χ1n) is 9.57. The van der Waals surface area contributed by atoms with E-state index >= 15 is 0 Å². The first-order chi connectivity index (χ1) is 14.5. The zero-order chi connectivity index (χ0) is 21.5. The summed E-state index contributed by atoms with van der Waals surface area (Å²) in [6.07, 6.45) is -1.01. The van der Waals surface area contributed by atoms with Crippen LogP contribution in [0.2, 0.25) is 10.0 Å². The number of ether oxygens (including phenoxy) is 2. The zero-order valence-corrected chi connectivity index (χ0v) is 18.0. The fraction of sp³-hybridized carbons (Fsp3) is 0.208. The number of rotatable bonds is 9. The summed E-state index contributed by atoms with van der Waals surface area (Å²) in [5, 5.41) is 11.6. The lowest BCUT2D eigenvalue weighted by molar-refractivity contribution is -0.127. The van der Waals surface area contributed by atoms with Gasteiger partial charge in [-0.1, -0.05) is 72.6 Å². The van der Waals surface area contributed by atoms with Crippen molar-refractivity contribution in [3.63, 3.8) is 0 Å². The molecular weight excluding hydrogens is 423 g/mol. The van der Waals surface area contributed by atoms with Crippen molar-refractivity contribution < 1.29 is 19.4 Å². The van der Waals surface area contributed by atoms with Crippen molar-refractivity contribution in [2.75, 3.05) is 0 Å². The summed E-state index contributed by atoms with van der Waals surface area (Å²) in [4.78, 5) is 12.2. The van der Waals surface area contributed by atoms with Crippen LogP contribution in [-0.4, -0.2) is 10.9 Å². The Morgan fingerprint density at radius 3 is 2.00 bits per heavy atom. The summed E-state index contributed by atoms with van der Waals surface area (Å²) in [6.45, 7) is 2.04. The molecule has 30 heavy (non-hydrogen) atoms. The average Bonchev–Trinajstić information content (AvgIpc) is 2.77. The van der Waals surface area contributed by atoms with E-state index in [4.69, 9.17) is 32.7 Å². The molecule has 0 aliphatic carbocycles. The molecule has 0 aromatic heterocycles. The number of benzene rings is 3. The van der Waals surface area contributed by atoms with Gasteiger partial charge in [0.05, 0.1) is 10.0 Å². The number of hydrogen-bond acceptors (Lipinski definition) is 4. The van der Waals surface area contributed by atoms with E-state index in [1.165, 1.54) is 0 Å². The first-order valence-corrected chi connectivity index (χ1v) is 10.3. The monoisotopic (exact) mass is 444 g/mol. The van der Waals surface area contributed by atoms with Crippen LogP contribution in [0.15, 0.2) is 66.7 Å². The molecule has 1 unspecified atom stereocenters. The highest BCUT2D eigenvalue weighted by atomic mass is 35.5. The van der Waals surface area contributed by atoms with Crippen molar-refractivity contribution in [2.45, 2.75) is 32.7 Å². The summed E-state index contributed by atoms with van der Waals surface area (Å²) in [6, 6.07) is 19.7. The fourth-order valence-corrected chi connectivity index (χ4v) is 3.40.